The Morgan fingerprint density at radius 3 is 1.04 bits per heavy atom. The van der Waals surface area contributed by atoms with Crippen molar-refractivity contribution in [2.75, 3.05) is 9.80 Å². The first-order chi connectivity index (χ1) is 37.6. The van der Waals surface area contributed by atoms with Crippen LogP contribution in [0, 0.1) is 0 Å². The largest absolute Gasteiger partial charge is 0.456 e. The lowest BCUT2D eigenvalue weighted by Gasteiger charge is -2.25. The van der Waals surface area contributed by atoms with Crippen molar-refractivity contribution in [1.29, 1.82) is 0 Å². The molecular weight excluding hydrogens is 933 g/mol. The van der Waals surface area contributed by atoms with Gasteiger partial charge in [0, 0.05) is 89.7 Å². The molecule has 0 saturated carbocycles. The molecule has 4 aromatic heterocycles. The standard InChI is InChI=1S/C70H42N2O4/c1-3-13-53(14-4-1)71(55-25-23-43-31-49(21-19-45(43)33-55)65-37-47-11-7-9-17-63(47)73-65)57-27-29-59-61-35-51-40-68-62(36-52(51)39-67(61)75-69(59)41-57)60-30-28-58(42-70(60)76-68)72(54-15-5-2-6-16-54)56-26-24-44-32-50(22-20-46(44)34-56)66-38-48-12-8-10-18-64(48)74-66/h1-42H. The molecule has 0 saturated heterocycles. The zero-order valence-corrected chi connectivity index (χ0v) is 40.8. The lowest BCUT2D eigenvalue weighted by atomic mass is 10.0. The maximum atomic E-state index is 6.77. The van der Waals surface area contributed by atoms with Gasteiger partial charge in [-0.3, -0.25) is 0 Å². The summed E-state index contributed by atoms with van der Waals surface area (Å²) in [7, 11) is 0. The summed E-state index contributed by atoms with van der Waals surface area (Å²) in [5.41, 5.74) is 13.4. The summed E-state index contributed by atoms with van der Waals surface area (Å²) < 4.78 is 26.0. The highest BCUT2D eigenvalue weighted by molar-refractivity contribution is 6.16. The molecule has 0 aliphatic heterocycles. The molecule has 0 bridgehead atoms. The molecule has 0 N–H and O–H groups in total. The summed E-state index contributed by atoms with van der Waals surface area (Å²) in [6.07, 6.45) is 0. The number of nitrogens with zero attached hydrogens (tertiary/aromatic N) is 2. The van der Waals surface area contributed by atoms with Crippen molar-refractivity contribution in [3.63, 3.8) is 0 Å². The van der Waals surface area contributed by atoms with E-state index < -0.39 is 0 Å². The number of para-hydroxylation sites is 4. The van der Waals surface area contributed by atoms with Crippen molar-refractivity contribution < 1.29 is 17.7 Å². The van der Waals surface area contributed by atoms with E-state index >= 15 is 0 Å². The molecule has 0 aliphatic rings. The van der Waals surface area contributed by atoms with Gasteiger partial charge in [0.15, 0.2) is 0 Å². The Morgan fingerprint density at radius 1 is 0.197 bits per heavy atom. The Balaban J connectivity index is 0.737. The Bertz CT molecular complexity index is 4590. The SMILES string of the molecule is c1ccc(N(c2ccc3cc(-c4cc5ccccc5o4)ccc3c2)c2ccc3c(c2)oc2cc4cc5c(cc4cc23)oc2cc(N(c3ccccc3)c3ccc4cc(-c6cc7ccccc7o6)ccc4c3)ccc25)cc1. The van der Waals surface area contributed by atoms with Crippen LogP contribution in [0.3, 0.4) is 0 Å². The van der Waals surface area contributed by atoms with Crippen molar-refractivity contribution in [2.24, 2.45) is 0 Å². The minimum absolute atomic E-state index is 0.823. The highest BCUT2D eigenvalue weighted by Crippen LogP contribution is 2.44. The highest BCUT2D eigenvalue weighted by atomic mass is 16.3. The van der Waals surface area contributed by atoms with E-state index in [0.29, 0.717) is 0 Å². The Kier molecular flexibility index (Phi) is 9.23. The smallest absolute Gasteiger partial charge is 0.137 e. The van der Waals surface area contributed by atoms with Crippen molar-refractivity contribution in [2.45, 2.75) is 0 Å². The first kappa shape index (κ1) is 42.2. The maximum absolute atomic E-state index is 6.77. The van der Waals surface area contributed by atoms with Crippen LogP contribution in [0.1, 0.15) is 0 Å². The van der Waals surface area contributed by atoms with E-state index in [9.17, 15) is 0 Å². The van der Waals surface area contributed by atoms with Crippen LogP contribution in [-0.2, 0) is 0 Å². The average molecular weight is 975 g/mol. The van der Waals surface area contributed by atoms with E-state index in [0.717, 1.165) is 155 Å². The van der Waals surface area contributed by atoms with E-state index in [1.54, 1.807) is 0 Å². The molecule has 76 heavy (non-hydrogen) atoms. The second-order valence-electron chi connectivity index (χ2n) is 19.7. The summed E-state index contributed by atoms with van der Waals surface area (Å²) in [6, 6.07) is 89.8. The summed E-state index contributed by atoms with van der Waals surface area (Å²) in [6.45, 7) is 0. The van der Waals surface area contributed by atoms with E-state index in [4.69, 9.17) is 17.7 Å². The fraction of sp³-hybridized carbons (Fsp3) is 0. The van der Waals surface area contributed by atoms with Crippen LogP contribution >= 0.6 is 0 Å². The summed E-state index contributed by atoms with van der Waals surface area (Å²) in [5, 5.41) is 13.2. The van der Waals surface area contributed by atoms with Crippen LogP contribution in [0.25, 0.3) is 121 Å². The molecule has 16 aromatic rings. The van der Waals surface area contributed by atoms with Crippen LogP contribution in [0.2, 0.25) is 0 Å². The topological polar surface area (TPSA) is 59.0 Å². The predicted octanol–water partition coefficient (Wildman–Crippen LogP) is 20.7. The lowest BCUT2D eigenvalue weighted by Crippen LogP contribution is -2.09. The van der Waals surface area contributed by atoms with Crippen LogP contribution in [0.4, 0.5) is 34.1 Å². The van der Waals surface area contributed by atoms with Gasteiger partial charge in [0.05, 0.1) is 0 Å². The number of hydrogen-bond donors (Lipinski definition) is 0. The fourth-order valence-corrected chi connectivity index (χ4v) is 11.4. The Morgan fingerprint density at radius 2 is 0.579 bits per heavy atom. The van der Waals surface area contributed by atoms with Crippen LogP contribution in [0.5, 0.6) is 0 Å². The molecule has 0 fully saturated rings. The van der Waals surface area contributed by atoms with Gasteiger partial charge >= 0.3 is 0 Å². The molecule has 356 valence electrons. The molecule has 0 atom stereocenters. The molecule has 4 heterocycles. The number of hydrogen-bond acceptors (Lipinski definition) is 6. The third-order valence-corrected chi connectivity index (χ3v) is 15.1. The van der Waals surface area contributed by atoms with Crippen molar-refractivity contribution in [3.05, 3.63) is 255 Å². The quantitative estimate of drug-likeness (QED) is 0.151. The number of furan rings is 4. The second kappa shape index (κ2) is 16.6. The van der Waals surface area contributed by atoms with Gasteiger partial charge in [-0.2, -0.15) is 0 Å². The minimum Gasteiger partial charge on any atom is -0.456 e. The second-order valence-corrected chi connectivity index (χ2v) is 19.7. The molecular formula is C70H42N2O4. The highest BCUT2D eigenvalue weighted by Gasteiger charge is 2.20. The molecule has 6 nitrogen and oxygen atoms in total. The zero-order valence-electron chi connectivity index (χ0n) is 40.8. The lowest BCUT2D eigenvalue weighted by molar-refractivity contribution is 0.631. The molecule has 16 rings (SSSR count). The zero-order chi connectivity index (χ0) is 49.8. The first-order valence-electron chi connectivity index (χ1n) is 25.6. The summed E-state index contributed by atoms with van der Waals surface area (Å²) in [5.74, 6) is 1.73. The third kappa shape index (κ3) is 6.96. The van der Waals surface area contributed by atoms with E-state index in [-0.39, 0.29) is 0 Å². The number of fused-ring (bicyclic) bond motifs is 11. The summed E-state index contributed by atoms with van der Waals surface area (Å²) >= 11 is 0. The monoisotopic (exact) mass is 974 g/mol. The van der Waals surface area contributed by atoms with E-state index in [2.05, 4.69) is 228 Å². The predicted molar refractivity (Wildman–Crippen MR) is 313 cm³/mol. The third-order valence-electron chi connectivity index (χ3n) is 15.1. The maximum Gasteiger partial charge on any atom is 0.137 e. The van der Waals surface area contributed by atoms with Gasteiger partial charge in [-0.05, 0) is 166 Å². The van der Waals surface area contributed by atoms with Gasteiger partial charge in [-0.1, -0.05) is 109 Å². The molecule has 12 aromatic carbocycles. The van der Waals surface area contributed by atoms with Gasteiger partial charge in [0.2, 0.25) is 0 Å². The molecule has 0 aliphatic carbocycles. The summed E-state index contributed by atoms with van der Waals surface area (Å²) in [4.78, 5) is 4.59. The van der Waals surface area contributed by atoms with Gasteiger partial charge in [-0.15, -0.1) is 0 Å². The average Bonchev–Trinajstić information content (AvgIpc) is 4.31. The van der Waals surface area contributed by atoms with Gasteiger partial charge in [-0.25, -0.2) is 0 Å². The first-order valence-corrected chi connectivity index (χ1v) is 25.6. The van der Waals surface area contributed by atoms with Crippen LogP contribution in [0.15, 0.2) is 272 Å². The molecule has 0 amide bonds. The van der Waals surface area contributed by atoms with Gasteiger partial charge < -0.3 is 27.5 Å². The number of anilines is 6. The Labute approximate surface area is 435 Å². The normalized spacial score (nSPS) is 11.9. The van der Waals surface area contributed by atoms with Crippen molar-refractivity contribution >= 4 is 132 Å². The molecule has 0 radical (unpaired) electrons. The van der Waals surface area contributed by atoms with Crippen molar-refractivity contribution in [3.8, 4) is 22.6 Å². The number of benzene rings is 12. The minimum atomic E-state index is 0.823. The van der Waals surface area contributed by atoms with Crippen LogP contribution < -0.4 is 9.80 Å². The number of rotatable bonds is 8. The van der Waals surface area contributed by atoms with Gasteiger partial charge in [0.25, 0.3) is 0 Å². The fourth-order valence-electron chi connectivity index (χ4n) is 11.4. The Hall–Kier alpha value is -10.3. The molecule has 0 spiro atoms. The van der Waals surface area contributed by atoms with E-state index in [1.807, 2.05) is 36.4 Å². The van der Waals surface area contributed by atoms with Gasteiger partial charge in [0.1, 0.15) is 45.0 Å². The van der Waals surface area contributed by atoms with E-state index in [1.165, 1.54) is 0 Å². The van der Waals surface area contributed by atoms with Crippen molar-refractivity contribution in [1.82, 2.24) is 0 Å². The van der Waals surface area contributed by atoms with Crippen LogP contribution in [-0.4, -0.2) is 0 Å². The molecule has 0 unspecified atom stereocenters. The molecule has 6 heteroatoms.